The Labute approximate surface area is 166 Å². The average Bonchev–Trinajstić information content (AvgIpc) is 2.95. The molecule has 0 aliphatic heterocycles. The van der Waals surface area contributed by atoms with E-state index in [0.717, 1.165) is 54.3 Å². The molecule has 1 aliphatic rings. The molecule has 0 bridgehead atoms. The fourth-order valence-corrected chi connectivity index (χ4v) is 3.78. The predicted octanol–water partition coefficient (Wildman–Crippen LogP) is 4.47. The van der Waals surface area contributed by atoms with Crippen LogP contribution in [-0.4, -0.2) is 28.1 Å². The van der Waals surface area contributed by atoms with Crippen molar-refractivity contribution in [2.45, 2.75) is 45.1 Å². The van der Waals surface area contributed by atoms with E-state index in [0.29, 0.717) is 6.04 Å². The van der Waals surface area contributed by atoms with Crippen LogP contribution >= 0.6 is 0 Å². The number of ether oxygens (including phenoxy) is 1. The molecular formula is C23H26N4O. The first-order valence-corrected chi connectivity index (χ1v) is 9.96. The van der Waals surface area contributed by atoms with E-state index in [1.807, 2.05) is 12.1 Å². The van der Waals surface area contributed by atoms with Crippen LogP contribution < -0.4 is 10.1 Å². The summed E-state index contributed by atoms with van der Waals surface area (Å²) in [6.45, 7) is 2.12. The van der Waals surface area contributed by atoms with Gasteiger partial charge in [-0.3, -0.25) is 4.98 Å². The van der Waals surface area contributed by atoms with Crippen molar-refractivity contribution in [2.75, 3.05) is 12.4 Å². The first kappa shape index (κ1) is 18.4. The number of pyridine rings is 1. The number of hydrogen-bond acceptors (Lipinski definition) is 5. The maximum absolute atomic E-state index is 5.42. The van der Waals surface area contributed by atoms with Crippen molar-refractivity contribution in [3.05, 3.63) is 65.6 Å². The lowest BCUT2D eigenvalue weighted by molar-refractivity contribution is 0.414. The summed E-state index contributed by atoms with van der Waals surface area (Å²) in [6.07, 6.45) is 8.80. The second-order valence-electron chi connectivity index (χ2n) is 7.23. The SMILES string of the molecule is CCc1cc(NC2CCCc3ccc(OC)cc3C2)nc(-c2ccncc2)n1. The van der Waals surface area contributed by atoms with Crippen LogP contribution in [0.4, 0.5) is 5.82 Å². The monoisotopic (exact) mass is 374 g/mol. The van der Waals surface area contributed by atoms with Crippen LogP contribution in [0.5, 0.6) is 5.75 Å². The number of methoxy groups -OCH3 is 1. The van der Waals surface area contributed by atoms with Crippen LogP contribution in [0.3, 0.4) is 0 Å². The standard InChI is InChI=1S/C23H26N4O/c1-3-19-15-22(27-23(26-19)17-9-11-24-12-10-17)25-20-6-4-5-16-7-8-21(28-2)14-18(16)13-20/h7-12,14-15,20H,3-6,13H2,1-2H3,(H,25,26,27). The number of rotatable bonds is 5. The molecule has 1 aromatic carbocycles. The molecule has 1 atom stereocenters. The number of nitrogens with one attached hydrogen (secondary N) is 1. The van der Waals surface area contributed by atoms with Crippen LogP contribution in [0.1, 0.15) is 36.6 Å². The van der Waals surface area contributed by atoms with E-state index in [1.165, 1.54) is 17.5 Å². The van der Waals surface area contributed by atoms with E-state index in [2.05, 4.69) is 41.5 Å². The van der Waals surface area contributed by atoms with Crippen LogP contribution in [0, 0.1) is 0 Å². The molecule has 5 heteroatoms. The summed E-state index contributed by atoms with van der Waals surface area (Å²) >= 11 is 0. The van der Waals surface area contributed by atoms with Crippen molar-refractivity contribution in [2.24, 2.45) is 0 Å². The molecule has 1 unspecified atom stereocenters. The number of hydrogen-bond donors (Lipinski definition) is 1. The minimum Gasteiger partial charge on any atom is -0.497 e. The highest BCUT2D eigenvalue weighted by molar-refractivity contribution is 5.57. The molecule has 3 aromatic rings. The fourth-order valence-electron chi connectivity index (χ4n) is 3.78. The lowest BCUT2D eigenvalue weighted by atomic mass is 10.0. The minimum absolute atomic E-state index is 0.346. The maximum atomic E-state index is 5.42. The lowest BCUT2D eigenvalue weighted by Crippen LogP contribution is -2.22. The van der Waals surface area contributed by atoms with E-state index in [9.17, 15) is 0 Å². The highest BCUT2D eigenvalue weighted by Gasteiger charge is 2.18. The van der Waals surface area contributed by atoms with E-state index in [-0.39, 0.29) is 0 Å². The molecule has 0 saturated carbocycles. The van der Waals surface area contributed by atoms with Gasteiger partial charge in [-0.05, 0) is 67.5 Å². The topological polar surface area (TPSA) is 59.9 Å². The summed E-state index contributed by atoms with van der Waals surface area (Å²) < 4.78 is 5.42. The van der Waals surface area contributed by atoms with Gasteiger partial charge in [0.2, 0.25) is 0 Å². The Morgan fingerprint density at radius 2 is 1.93 bits per heavy atom. The summed E-state index contributed by atoms with van der Waals surface area (Å²) in [7, 11) is 1.72. The van der Waals surface area contributed by atoms with Crippen molar-refractivity contribution in [1.29, 1.82) is 0 Å². The highest BCUT2D eigenvalue weighted by Crippen LogP contribution is 2.27. The average molecular weight is 374 g/mol. The van der Waals surface area contributed by atoms with Gasteiger partial charge < -0.3 is 10.1 Å². The zero-order chi connectivity index (χ0) is 19.3. The summed E-state index contributed by atoms with van der Waals surface area (Å²) in [6, 6.07) is 12.8. The van der Waals surface area contributed by atoms with E-state index in [4.69, 9.17) is 14.7 Å². The normalized spacial score (nSPS) is 16.1. The Morgan fingerprint density at radius 1 is 1.07 bits per heavy atom. The summed E-state index contributed by atoms with van der Waals surface area (Å²) in [5.74, 6) is 2.57. The quantitative estimate of drug-likeness (QED) is 0.668. The molecule has 0 radical (unpaired) electrons. The Bertz CT molecular complexity index is 943. The minimum atomic E-state index is 0.346. The number of benzene rings is 1. The Balaban J connectivity index is 1.59. The van der Waals surface area contributed by atoms with Gasteiger partial charge in [0.15, 0.2) is 5.82 Å². The van der Waals surface area contributed by atoms with Gasteiger partial charge in [-0.15, -0.1) is 0 Å². The van der Waals surface area contributed by atoms with Crippen molar-refractivity contribution in [3.63, 3.8) is 0 Å². The van der Waals surface area contributed by atoms with Crippen molar-refractivity contribution < 1.29 is 4.74 Å². The zero-order valence-electron chi connectivity index (χ0n) is 16.5. The molecule has 0 amide bonds. The van der Waals surface area contributed by atoms with Gasteiger partial charge in [-0.1, -0.05) is 13.0 Å². The second-order valence-corrected chi connectivity index (χ2v) is 7.23. The molecule has 4 rings (SSSR count). The first-order valence-electron chi connectivity index (χ1n) is 9.96. The second kappa shape index (κ2) is 8.38. The number of anilines is 1. The van der Waals surface area contributed by atoms with Gasteiger partial charge in [0.1, 0.15) is 11.6 Å². The van der Waals surface area contributed by atoms with Crippen LogP contribution in [0.25, 0.3) is 11.4 Å². The van der Waals surface area contributed by atoms with Crippen LogP contribution in [0.15, 0.2) is 48.8 Å². The Morgan fingerprint density at radius 3 is 2.71 bits per heavy atom. The van der Waals surface area contributed by atoms with E-state index in [1.54, 1.807) is 19.5 Å². The van der Waals surface area contributed by atoms with Gasteiger partial charge in [-0.2, -0.15) is 0 Å². The molecular weight excluding hydrogens is 348 g/mol. The third-order valence-electron chi connectivity index (χ3n) is 5.31. The third kappa shape index (κ3) is 4.14. The van der Waals surface area contributed by atoms with Gasteiger partial charge in [0.05, 0.1) is 7.11 Å². The number of nitrogens with zero attached hydrogens (tertiary/aromatic N) is 3. The molecule has 5 nitrogen and oxygen atoms in total. The Hall–Kier alpha value is -2.95. The molecule has 2 aromatic heterocycles. The molecule has 1 aliphatic carbocycles. The zero-order valence-corrected chi connectivity index (χ0v) is 16.5. The molecule has 0 saturated heterocycles. The Kier molecular flexibility index (Phi) is 5.51. The largest absolute Gasteiger partial charge is 0.497 e. The van der Waals surface area contributed by atoms with Gasteiger partial charge in [0, 0.05) is 35.8 Å². The molecule has 0 spiro atoms. The van der Waals surface area contributed by atoms with Gasteiger partial charge in [0.25, 0.3) is 0 Å². The fraction of sp³-hybridized carbons (Fsp3) is 0.348. The molecule has 144 valence electrons. The van der Waals surface area contributed by atoms with Gasteiger partial charge in [-0.25, -0.2) is 9.97 Å². The van der Waals surface area contributed by atoms with Gasteiger partial charge >= 0.3 is 0 Å². The van der Waals surface area contributed by atoms with Crippen LogP contribution in [-0.2, 0) is 19.3 Å². The molecule has 28 heavy (non-hydrogen) atoms. The highest BCUT2D eigenvalue weighted by atomic mass is 16.5. The molecule has 2 heterocycles. The predicted molar refractivity (Wildman–Crippen MR) is 112 cm³/mol. The van der Waals surface area contributed by atoms with Crippen molar-refractivity contribution >= 4 is 5.82 Å². The van der Waals surface area contributed by atoms with Crippen LogP contribution in [0.2, 0.25) is 0 Å². The number of aromatic nitrogens is 3. The van der Waals surface area contributed by atoms with Crippen molar-refractivity contribution in [1.82, 2.24) is 15.0 Å². The first-order chi connectivity index (χ1) is 13.7. The summed E-state index contributed by atoms with van der Waals surface area (Å²) in [5, 5.41) is 3.68. The third-order valence-corrected chi connectivity index (χ3v) is 5.31. The molecule has 0 fully saturated rings. The summed E-state index contributed by atoms with van der Waals surface area (Å²) in [4.78, 5) is 13.6. The smallest absolute Gasteiger partial charge is 0.161 e. The number of fused-ring (bicyclic) bond motifs is 1. The maximum Gasteiger partial charge on any atom is 0.161 e. The van der Waals surface area contributed by atoms with Crippen molar-refractivity contribution in [3.8, 4) is 17.1 Å². The number of aryl methyl sites for hydroxylation is 2. The molecule has 1 N–H and O–H groups in total. The lowest BCUT2D eigenvalue weighted by Gasteiger charge is -2.19. The summed E-state index contributed by atoms with van der Waals surface area (Å²) in [5.41, 5.74) is 4.83. The van der Waals surface area contributed by atoms with E-state index < -0.39 is 0 Å². The van der Waals surface area contributed by atoms with E-state index >= 15 is 0 Å².